The van der Waals surface area contributed by atoms with Crippen LogP contribution in [0.5, 0.6) is 0 Å². The molecule has 1 aromatic carbocycles. The number of rotatable bonds is 6. The van der Waals surface area contributed by atoms with E-state index >= 15 is 0 Å². The van der Waals surface area contributed by atoms with Gasteiger partial charge < -0.3 is 4.74 Å². The summed E-state index contributed by atoms with van der Waals surface area (Å²) < 4.78 is 6.17. The maximum Gasteiger partial charge on any atom is 0.189 e. The number of benzene rings is 1. The zero-order chi connectivity index (χ0) is 12.0. The molecule has 0 fully saturated rings. The van der Waals surface area contributed by atoms with E-state index in [1.54, 1.807) is 6.07 Å². The number of carbonyl (C=O) groups is 1. The van der Waals surface area contributed by atoms with Crippen LogP contribution in [0, 0.1) is 5.92 Å². The zero-order valence-electron chi connectivity index (χ0n) is 9.70. The molecule has 2 nitrogen and oxygen atoms in total. The quantitative estimate of drug-likeness (QED) is 0.588. The van der Waals surface area contributed by atoms with Gasteiger partial charge >= 0.3 is 0 Å². The van der Waals surface area contributed by atoms with Crippen molar-refractivity contribution in [1.82, 2.24) is 0 Å². The second-order valence-corrected chi connectivity index (χ2v) is 4.99. The minimum Gasteiger partial charge on any atom is -0.373 e. The molecule has 0 radical (unpaired) electrons. The number of ketones is 1. The average molecular weight is 285 g/mol. The number of ether oxygens (including phenoxy) is 1. The largest absolute Gasteiger partial charge is 0.373 e. The maximum atomic E-state index is 11.8. The fourth-order valence-corrected chi connectivity index (χ4v) is 1.75. The Morgan fingerprint density at radius 3 is 2.69 bits per heavy atom. The van der Waals surface area contributed by atoms with Crippen molar-refractivity contribution in [3.05, 3.63) is 34.3 Å². The lowest BCUT2D eigenvalue weighted by molar-refractivity contribution is 0.0739. The van der Waals surface area contributed by atoms with Gasteiger partial charge in [0, 0.05) is 16.6 Å². The molecule has 0 aliphatic heterocycles. The second kappa shape index (κ2) is 6.81. The molecule has 0 aromatic heterocycles. The van der Waals surface area contributed by atoms with Crippen LogP contribution >= 0.6 is 15.9 Å². The third-order valence-corrected chi connectivity index (χ3v) is 2.94. The second-order valence-electron chi connectivity index (χ2n) is 4.14. The summed E-state index contributed by atoms with van der Waals surface area (Å²) >= 11 is 3.35. The summed E-state index contributed by atoms with van der Waals surface area (Å²) in [5.41, 5.74) is 0.687. The topological polar surface area (TPSA) is 26.3 Å². The molecule has 0 saturated carbocycles. The van der Waals surface area contributed by atoms with Crippen LogP contribution < -0.4 is 0 Å². The minimum atomic E-state index is 0.0243. The normalized spacial score (nSPS) is 10.8. The van der Waals surface area contributed by atoms with Crippen molar-refractivity contribution in [2.24, 2.45) is 5.92 Å². The van der Waals surface area contributed by atoms with Crippen LogP contribution in [0.2, 0.25) is 0 Å². The SMILES string of the molecule is CC(C)CCOCC(=O)c1ccccc1Br. The van der Waals surface area contributed by atoms with Gasteiger partial charge in [-0.15, -0.1) is 0 Å². The molecule has 88 valence electrons. The van der Waals surface area contributed by atoms with E-state index in [9.17, 15) is 4.79 Å². The first-order valence-electron chi connectivity index (χ1n) is 5.46. The molecule has 0 heterocycles. The smallest absolute Gasteiger partial charge is 0.189 e. The molecular formula is C13H17BrO2. The fourth-order valence-electron chi connectivity index (χ4n) is 1.25. The molecule has 0 aliphatic rings. The van der Waals surface area contributed by atoms with Gasteiger partial charge in [0.05, 0.1) is 0 Å². The lowest BCUT2D eigenvalue weighted by Crippen LogP contribution is -2.11. The van der Waals surface area contributed by atoms with E-state index in [2.05, 4.69) is 29.8 Å². The number of carbonyl (C=O) groups excluding carboxylic acids is 1. The van der Waals surface area contributed by atoms with Crippen LogP contribution in [0.3, 0.4) is 0 Å². The van der Waals surface area contributed by atoms with Gasteiger partial charge in [0.25, 0.3) is 0 Å². The van der Waals surface area contributed by atoms with Gasteiger partial charge in [-0.05, 0) is 18.4 Å². The number of halogens is 1. The van der Waals surface area contributed by atoms with Gasteiger partial charge in [-0.3, -0.25) is 4.79 Å². The molecular weight excluding hydrogens is 268 g/mol. The van der Waals surface area contributed by atoms with Crippen molar-refractivity contribution in [2.45, 2.75) is 20.3 Å². The monoisotopic (exact) mass is 284 g/mol. The van der Waals surface area contributed by atoms with Crippen molar-refractivity contribution >= 4 is 21.7 Å². The highest BCUT2D eigenvalue weighted by atomic mass is 79.9. The predicted octanol–water partition coefficient (Wildman–Crippen LogP) is 3.69. The first kappa shape index (κ1) is 13.4. The van der Waals surface area contributed by atoms with E-state index in [0.717, 1.165) is 10.9 Å². The van der Waals surface area contributed by atoms with Crippen LogP contribution in [0.15, 0.2) is 28.7 Å². The van der Waals surface area contributed by atoms with Crippen molar-refractivity contribution in [3.8, 4) is 0 Å². The van der Waals surface area contributed by atoms with Gasteiger partial charge in [-0.25, -0.2) is 0 Å². The molecule has 16 heavy (non-hydrogen) atoms. The third kappa shape index (κ3) is 4.45. The Kier molecular flexibility index (Phi) is 5.71. The van der Waals surface area contributed by atoms with Crippen LogP contribution in [-0.4, -0.2) is 19.0 Å². The average Bonchev–Trinajstić information content (AvgIpc) is 2.24. The van der Waals surface area contributed by atoms with Crippen molar-refractivity contribution in [2.75, 3.05) is 13.2 Å². The lowest BCUT2D eigenvalue weighted by atomic mass is 10.1. The van der Waals surface area contributed by atoms with Gasteiger partial charge in [0.1, 0.15) is 6.61 Å². The van der Waals surface area contributed by atoms with Crippen LogP contribution in [0.25, 0.3) is 0 Å². The van der Waals surface area contributed by atoms with Gasteiger partial charge in [-0.1, -0.05) is 48.0 Å². The molecule has 0 unspecified atom stereocenters. The lowest BCUT2D eigenvalue weighted by Gasteiger charge is -2.06. The first-order chi connectivity index (χ1) is 7.61. The van der Waals surface area contributed by atoms with Crippen molar-refractivity contribution < 1.29 is 9.53 Å². The number of hydrogen-bond donors (Lipinski definition) is 0. The minimum absolute atomic E-state index is 0.0243. The number of Topliss-reactive ketones (excluding diaryl/α,β-unsaturated/α-hetero) is 1. The summed E-state index contributed by atoms with van der Waals surface area (Å²) in [4.78, 5) is 11.8. The summed E-state index contributed by atoms with van der Waals surface area (Å²) in [5.74, 6) is 0.634. The van der Waals surface area contributed by atoms with E-state index in [1.165, 1.54) is 0 Å². The zero-order valence-corrected chi connectivity index (χ0v) is 11.3. The first-order valence-corrected chi connectivity index (χ1v) is 6.26. The number of hydrogen-bond acceptors (Lipinski definition) is 2. The molecule has 0 bridgehead atoms. The fraction of sp³-hybridized carbons (Fsp3) is 0.462. The highest BCUT2D eigenvalue weighted by Crippen LogP contribution is 2.16. The van der Waals surface area contributed by atoms with E-state index in [1.807, 2.05) is 18.2 Å². The van der Waals surface area contributed by atoms with Crippen molar-refractivity contribution in [3.63, 3.8) is 0 Å². The van der Waals surface area contributed by atoms with E-state index in [0.29, 0.717) is 18.1 Å². The Bertz CT molecular complexity index is 348. The highest BCUT2D eigenvalue weighted by molar-refractivity contribution is 9.10. The molecule has 0 amide bonds. The molecule has 1 aromatic rings. The summed E-state index contributed by atoms with van der Waals surface area (Å²) in [6.45, 7) is 5.08. The summed E-state index contributed by atoms with van der Waals surface area (Å²) in [6, 6.07) is 7.41. The Hall–Kier alpha value is -0.670. The maximum absolute atomic E-state index is 11.8. The van der Waals surface area contributed by atoms with Crippen LogP contribution in [0.1, 0.15) is 30.6 Å². The molecule has 0 atom stereocenters. The molecule has 0 aliphatic carbocycles. The summed E-state index contributed by atoms with van der Waals surface area (Å²) in [7, 11) is 0. The van der Waals surface area contributed by atoms with E-state index in [-0.39, 0.29) is 12.4 Å². The highest BCUT2D eigenvalue weighted by Gasteiger charge is 2.09. The van der Waals surface area contributed by atoms with Gasteiger partial charge in [0.2, 0.25) is 0 Å². The standard InChI is InChI=1S/C13H17BrO2/c1-10(2)7-8-16-9-13(15)11-5-3-4-6-12(11)14/h3-6,10H,7-9H2,1-2H3. The summed E-state index contributed by atoms with van der Waals surface area (Å²) in [5, 5.41) is 0. The molecule has 0 spiro atoms. The molecule has 1 rings (SSSR count). The Morgan fingerprint density at radius 2 is 2.06 bits per heavy atom. The molecule has 0 saturated heterocycles. The molecule has 3 heteroatoms. The third-order valence-electron chi connectivity index (χ3n) is 2.25. The van der Waals surface area contributed by atoms with E-state index in [4.69, 9.17) is 4.74 Å². The van der Waals surface area contributed by atoms with E-state index < -0.39 is 0 Å². The molecule has 0 N–H and O–H groups in total. The summed E-state index contributed by atoms with van der Waals surface area (Å²) in [6.07, 6.45) is 0.989. The Balaban J connectivity index is 2.39. The predicted molar refractivity (Wildman–Crippen MR) is 68.7 cm³/mol. The van der Waals surface area contributed by atoms with Gasteiger partial charge in [-0.2, -0.15) is 0 Å². The van der Waals surface area contributed by atoms with Crippen LogP contribution in [0.4, 0.5) is 0 Å². The van der Waals surface area contributed by atoms with Crippen molar-refractivity contribution in [1.29, 1.82) is 0 Å². The Labute approximate surface area is 105 Å². The van der Waals surface area contributed by atoms with Crippen LogP contribution in [-0.2, 0) is 4.74 Å². The van der Waals surface area contributed by atoms with Gasteiger partial charge in [0.15, 0.2) is 5.78 Å². The Morgan fingerprint density at radius 1 is 1.38 bits per heavy atom.